The van der Waals surface area contributed by atoms with Gasteiger partial charge in [0.15, 0.2) is 6.10 Å². The van der Waals surface area contributed by atoms with Crippen molar-refractivity contribution in [3.63, 3.8) is 0 Å². The molecule has 0 aliphatic heterocycles. The van der Waals surface area contributed by atoms with Crippen LogP contribution in [0.4, 0.5) is 5.69 Å². The van der Waals surface area contributed by atoms with Crippen molar-refractivity contribution in [2.24, 2.45) is 5.73 Å². The molecule has 0 saturated carbocycles. The topological polar surface area (TPSA) is 81.4 Å². The van der Waals surface area contributed by atoms with E-state index in [2.05, 4.69) is 5.32 Å². The summed E-state index contributed by atoms with van der Waals surface area (Å²) in [4.78, 5) is 23.7. The Bertz CT molecular complexity index is 930. The van der Waals surface area contributed by atoms with Gasteiger partial charge in [-0.15, -0.1) is 0 Å². The molecule has 0 heterocycles. The van der Waals surface area contributed by atoms with Gasteiger partial charge in [-0.05, 0) is 42.1 Å². The van der Waals surface area contributed by atoms with Crippen molar-refractivity contribution < 1.29 is 14.3 Å². The van der Waals surface area contributed by atoms with Gasteiger partial charge >= 0.3 is 0 Å². The highest BCUT2D eigenvalue weighted by molar-refractivity contribution is 5.96. The number of carbonyl (C=O) groups excluding carboxylic acids is 2. The van der Waals surface area contributed by atoms with E-state index in [1.165, 1.54) is 0 Å². The van der Waals surface area contributed by atoms with Crippen LogP contribution in [0.15, 0.2) is 66.7 Å². The first-order valence-electron chi connectivity index (χ1n) is 8.43. The van der Waals surface area contributed by atoms with Crippen molar-refractivity contribution in [3.8, 4) is 5.75 Å². The highest BCUT2D eigenvalue weighted by Crippen LogP contribution is 2.26. The van der Waals surface area contributed by atoms with Gasteiger partial charge in [-0.2, -0.15) is 0 Å². The van der Waals surface area contributed by atoms with Crippen LogP contribution in [0.1, 0.15) is 23.7 Å². The lowest BCUT2D eigenvalue weighted by Gasteiger charge is -2.18. The molecule has 5 nitrogen and oxygen atoms in total. The van der Waals surface area contributed by atoms with Crippen LogP contribution in [0.5, 0.6) is 5.75 Å². The minimum atomic E-state index is -0.628. The minimum Gasteiger partial charge on any atom is -0.480 e. The van der Waals surface area contributed by atoms with Gasteiger partial charge in [-0.25, -0.2) is 0 Å². The maximum absolute atomic E-state index is 12.6. The molecule has 0 bridgehead atoms. The number of hydrogen-bond acceptors (Lipinski definition) is 3. The molecule has 5 heteroatoms. The molecule has 3 aromatic rings. The Morgan fingerprint density at radius 3 is 2.38 bits per heavy atom. The third-order valence-electron chi connectivity index (χ3n) is 4.12. The van der Waals surface area contributed by atoms with Gasteiger partial charge < -0.3 is 15.8 Å². The molecule has 3 N–H and O–H groups in total. The zero-order valence-electron chi connectivity index (χ0n) is 14.4. The molecule has 0 aromatic heterocycles. The number of amides is 2. The van der Waals surface area contributed by atoms with E-state index in [0.29, 0.717) is 23.4 Å². The van der Waals surface area contributed by atoms with E-state index in [0.717, 1.165) is 10.8 Å². The van der Waals surface area contributed by atoms with E-state index in [1.54, 1.807) is 24.3 Å². The fourth-order valence-electron chi connectivity index (χ4n) is 2.71. The molecule has 132 valence electrons. The van der Waals surface area contributed by atoms with Gasteiger partial charge in [0.2, 0.25) is 5.91 Å². The predicted octanol–water partition coefficient (Wildman–Crippen LogP) is 3.73. The number of rotatable bonds is 6. The molecular weight excluding hydrogens is 328 g/mol. The van der Waals surface area contributed by atoms with Crippen LogP contribution in [-0.4, -0.2) is 17.9 Å². The summed E-state index contributed by atoms with van der Waals surface area (Å²) in [6.07, 6.45) is -0.106. The normalized spacial score (nSPS) is 11.7. The van der Waals surface area contributed by atoms with Gasteiger partial charge in [0.25, 0.3) is 5.91 Å². The van der Waals surface area contributed by atoms with E-state index in [1.807, 2.05) is 49.4 Å². The highest BCUT2D eigenvalue weighted by atomic mass is 16.5. The zero-order valence-corrected chi connectivity index (χ0v) is 14.4. The van der Waals surface area contributed by atoms with Crippen LogP contribution in [0.2, 0.25) is 0 Å². The molecule has 0 unspecified atom stereocenters. The second kappa shape index (κ2) is 7.70. The molecule has 3 aromatic carbocycles. The minimum absolute atomic E-state index is 0.243. The highest BCUT2D eigenvalue weighted by Gasteiger charge is 2.19. The summed E-state index contributed by atoms with van der Waals surface area (Å²) in [6, 6.07) is 20.1. The maximum atomic E-state index is 12.6. The Kier molecular flexibility index (Phi) is 5.17. The summed E-state index contributed by atoms with van der Waals surface area (Å²) in [5.74, 6) is -0.0740. The van der Waals surface area contributed by atoms with E-state index in [9.17, 15) is 9.59 Å². The summed E-state index contributed by atoms with van der Waals surface area (Å²) < 4.78 is 5.99. The average molecular weight is 348 g/mol. The molecule has 3 rings (SSSR count). The molecule has 0 aliphatic rings. The molecular formula is C21H20N2O3. The lowest BCUT2D eigenvalue weighted by atomic mass is 10.1. The number of primary amides is 1. The van der Waals surface area contributed by atoms with Crippen LogP contribution in [-0.2, 0) is 4.79 Å². The first-order chi connectivity index (χ1) is 12.6. The maximum Gasteiger partial charge on any atom is 0.265 e. The molecule has 1 atom stereocenters. The van der Waals surface area contributed by atoms with E-state index in [-0.39, 0.29) is 5.91 Å². The fourth-order valence-corrected chi connectivity index (χ4v) is 2.71. The van der Waals surface area contributed by atoms with Crippen molar-refractivity contribution in [3.05, 3.63) is 72.3 Å². The second-order valence-corrected chi connectivity index (χ2v) is 5.92. The van der Waals surface area contributed by atoms with Gasteiger partial charge in [-0.1, -0.05) is 43.3 Å². The Labute approximate surface area is 151 Å². The van der Waals surface area contributed by atoms with Crippen molar-refractivity contribution in [2.45, 2.75) is 19.4 Å². The fraction of sp³-hybridized carbons (Fsp3) is 0.143. The third kappa shape index (κ3) is 3.83. The van der Waals surface area contributed by atoms with Gasteiger partial charge in [0, 0.05) is 16.6 Å². The zero-order chi connectivity index (χ0) is 18.5. The molecule has 0 radical (unpaired) electrons. The van der Waals surface area contributed by atoms with E-state index in [4.69, 9.17) is 10.5 Å². The lowest BCUT2D eigenvalue weighted by molar-refractivity contribution is -0.122. The van der Waals surface area contributed by atoms with Gasteiger partial charge in [0.1, 0.15) is 5.75 Å². The number of nitrogens with two attached hydrogens (primary N) is 1. The summed E-state index contributed by atoms with van der Waals surface area (Å²) in [6.45, 7) is 1.89. The standard InChI is InChI=1S/C21H20N2O3/c1-2-18(21(25)23-16-12-10-15(11-13-16)20(22)24)26-19-9-5-7-14-6-3-4-8-17(14)19/h3-13,18H,2H2,1H3,(H2,22,24)(H,23,25)/t18-/m1/s1. The van der Waals surface area contributed by atoms with Crippen LogP contribution in [0.3, 0.4) is 0 Å². The van der Waals surface area contributed by atoms with Gasteiger partial charge in [-0.3, -0.25) is 9.59 Å². The first-order valence-corrected chi connectivity index (χ1v) is 8.43. The monoisotopic (exact) mass is 348 g/mol. The Morgan fingerprint density at radius 1 is 1.00 bits per heavy atom. The second-order valence-electron chi connectivity index (χ2n) is 5.92. The Balaban J connectivity index is 1.75. The molecule has 26 heavy (non-hydrogen) atoms. The van der Waals surface area contributed by atoms with Crippen molar-refractivity contribution in [1.29, 1.82) is 0 Å². The molecule has 0 fully saturated rings. The number of nitrogens with one attached hydrogen (secondary N) is 1. The van der Waals surface area contributed by atoms with Crippen LogP contribution < -0.4 is 15.8 Å². The Morgan fingerprint density at radius 2 is 1.69 bits per heavy atom. The predicted molar refractivity (Wildman–Crippen MR) is 102 cm³/mol. The SMILES string of the molecule is CC[C@@H](Oc1cccc2ccccc12)C(=O)Nc1ccc(C(N)=O)cc1. The largest absolute Gasteiger partial charge is 0.480 e. The Hall–Kier alpha value is -3.34. The number of benzene rings is 3. The summed E-state index contributed by atoms with van der Waals surface area (Å²) in [5.41, 5.74) is 6.19. The van der Waals surface area contributed by atoms with E-state index < -0.39 is 12.0 Å². The van der Waals surface area contributed by atoms with Crippen molar-refractivity contribution >= 4 is 28.3 Å². The quantitative estimate of drug-likeness (QED) is 0.712. The van der Waals surface area contributed by atoms with Crippen molar-refractivity contribution in [2.75, 3.05) is 5.32 Å². The first kappa shape index (κ1) is 17.5. The molecule has 0 spiro atoms. The van der Waals surface area contributed by atoms with Crippen LogP contribution in [0, 0.1) is 0 Å². The molecule has 2 amide bonds. The number of carbonyl (C=O) groups is 2. The smallest absolute Gasteiger partial charge is 0.265 e. The summed E-state index contributed by atoms with van der Waals surface area (Å²) >= 11 is 0. The average Bonchev–Trinajstić information content (AvgIpc) is 2.66. The third-order valence-corrected chi connectivity index (χ3v) is 4.12. The number of ether oxygens (including phenoxy) is 1. The molecule has 0 saturated heterocycles. The lowest BCUT2D eigenvalue weighted by Crippen LogP contribution is -2.32. The summed E-state index contributed by atoms with van der Waals surface area (Å²) in [5, 5.41) is 4.83. The van der Waals surface area contributed by atoms with Gasteiger partial charge in [0.05, 0.1) is 0 Å². The van der Waals surface area contributed by atoms with Crippen molar-refractivity contribution in [1.82, 2.24) is 0 Å². The number of hydrogen-bond donors (Lipinski definition) is 2. The van der Waals surface area contributed by atoms with E-state index >= 15 is 0 Å². The van der Waals surface area contributed by atoms with Crippen LogP contribution in [0.25, 0.3) is 10.8 Å². The molecule has 0 aliphatic carbocycles. The number of anilines is 1. The van der Waals surface area contributed by atoms with Crippen LogP contribution >= 0.6 is 0 Å². The summed E-state index contributed by atoms with van der Waals surface area (Å²) in [7, 11) is 0. The number of fused-ring (bicyclic) bond motifs is 1.